The van der Waals surface area contributed by atoms with Gasteiger partial charge in [-0.25, -0.2) is 4.57 Å². The largest absolute Gasteiger partial charge is 0.476 e. The SMILES string of the molecule is CCCCC(CC)COP(=O)(OCC(CC)CCCC)OC(Br)(Br)C(C)(C)CBr. The predicted octanol–water partition coefficient (Wildman–Crippen LogP) is 9.44. The molecule has 8 heteroatoms. The monoisotopic (exact) mass is 626 g/mol. The second kappa shape index (κ2) is 15.4. The molecule has 0 aliphatic carbocycles. The molecule has 0 aromatic rings. The Morgan fingerprint density at radius 3 is 1.59 bits per heavy atom. The van der Waals surface area contributed by atoms with Crippen LogP contribution in [0.3, 0.4) is 0 Å². The quantitative estimate of drug-likeness (QED) is 0.112. The van der Waals surface area contributed by atoms with Crippen LogP contribution >= 0.6 is 55.6 Å². The van der Waals surface area contributed by atoms with Crippen molar-refractivity contribution in [3.05, 3.63) is 0 Å². The van der Waals surface area contributed by atoms with E-state index in [4.69, 9.17) is 13.6 Å². The maximum atomic E-state index is 13.6. The minimum atomic E-state index is -3.76. The number of phosphoric acid groups is 1. The summed E-state index contributed by atoms with van der Waals surface area (Å²) in [6.45, 7) is 13.4. The number of halogens is 3. The molecule has 176 valence electrons. The topological polar surface area (TPSA) is 44.8 Å². The van der Waals surface area contributed by atoms with Gasteiger partial charge in [0.2, 0.25) is 0 Å². The van der Waals surface area contributed by atoms with Crippen LogP contribution in [0.1, 0.15) is 92.9 Å². The molecule has 29 heavy (non-hydrogen) atoms. The van der Waals surface area contributed by atoms with Crippen LogP contribution in [-0.4, -0.2) is 22.0 Å². The molecule has 2 unspecified atom stereocenters. The van der Waals surface area contributed by atoms with Crippen molar-refractivity contribution in [3.8, 4) is 0 Å². The Labute approximate surface area is 205 Å². The van der Waals surface area contributed by atoms with Crippen LogP contribution < -0.4 is 0 Å². The van der Waals surface area contributed by atoms with Gasteiger partial charge in [0.25, 0.3) is 0 Å². The third-order valence-electron chi connectivity index (χ3n) is 5.37. The fourth-order valence-corrected chi connectivity index (χ4v) is 6.61. The van der Waals surface area contributed by atoms with E-state index >= 15 is 0 Å². The summed E-state index contributed by atoms with van der Waals surface area (Å²) in [5.41, 5.74) is -0.395. The summed E-state index contributed by atoms with van der Waals surface area (Å²) in [7, 11) is -3.76. The van der Waals surface area contributed by atoms with Crippen LogP contribution in [0, 0.1) is 17.3 Å². The van der Waals surface area contributed by atoms with Gasteiger partial charge in [-0.05, 0) is 56.5 Å². The van der Waals surface area contributed by atoms with Crippen LogP contribution in [0.4, 0.5) is 0 Å². The Kier molecular flexibility index (Phi) is 16.2. The maximum Gasteiger partial charge on any atom is 0.476 e. The number of alkyl halides is 3. The molecule has 0 N–H and O–H groups in total. The molecule has 0 heterocycles. The van der Waals surface area contributed by atoms with Gasteiger partial charge in [0, 0.05) is 10.7 Å². The van der Waals surface area contributed by atoms with Crippen LogP contribution in [0.15, 0.2) is 0 Å². The minimum absolute atomic E-state index is 0.349. The van der Waals surface area contributed by atoms with Crippen molar-refractivity contribution in [2.75, 3.05) is 18.5 Å². The van der Waals surface area contributed by atoms with Crippen molar-refractivity contribution >= 4 is 55.6 Å². The lowest BCUT2D eigenvalue weighted by Crippen LogP contribution is -2.37. The van der Waals surface area contributed by atoms with Crippen molar-refractivity contribution in [3.63, 3.8) is 0 Å². The Morgan fingerprint density at radius 1 is 0.862 bits per heavy atom. The van der Waals surface area contributed by atoms with Gasteiger partial charge in [-0.3, -0.25) is 13.6 Å². The zero-order valence-corrected chi connectivity index (χ0v) is 24.8. The van der Waals surface area contributed by atoms with Crippen LogP contribution in [0.2, 0.25) is 0 Å². The smallest absolute Gasteiger partial charge is 0.287 e. The normalized spacial score (nSPS) is 17.1. The van der Waals surface area contributed by atoms with Gasteiger partial charge in [0.15, 0.2) is 3.42 Å². The van der Waals surface area contributed by atoms with Gasteiger partial charge in [0.1, 0.15) is 0 Å². The van der Waals surface area contributed by atoms with E-state index in [1.165, 1.54) is 0 Å². The van der Waals surface area contributed by atoms with E-state index in [-0.39, 0.29) is 0 Å². The van der Waals surface area contributed by atoms with Crippen LogP contribution in [-0.2, 0) is 18.1 Å². The summed E-state index contributed by atoms with van der Waals surface area (Å²) < 4.78 is 30.4. The van der Waals surface area contributed by atoms with Gasteiger partial charge in [-0.1, -0.05) is 96.0 Å². The van der Waals surface area contributed by atoms with Gasteiger partial charge in [0.05, 0.1) is 13.2 Å². The summed E-state index contributed by atoms with van der Waals surface area (Å²) in [5.74, 6) is 0.698. The molecule has 0 rings (SSSR count). The van der Waals surface area contributed by atoms with E-state index in [1.54, 1.807) is 0 Å². The molecular weight excluding hydrogens is 587 g/mol. The first kappa shape index (κ1) is 30.6. The lowest BCUT2D eigenvalue weighted by molar-refractivity contribution is 0.0466. The molecule has 0 aliphatic rings. The summed E-state index contributed by atoms with van der Waals surface area (Å²) in [6.07, 6.45) is 8.64. The summed E-state index contributed by atoms with van der Waals surface area (Å²) in [5, 5.41) is 0.638. The third kappa shape index (κ3) is 11.8. The van der Waals surface area contributed by atoms with Crippen molar-refractivity contribution in [1.29, 1.82) is 0 Å². The molecule has 0 radical (unpaired) electrons. The number of hydrogen-bond donors (Lipinski definition) is 0. The van der Waals surface area contributed by atoms with Gasteiger partial charge < -0.3 is 0 Å². The Morgan fingerprint density at radius 2 is 1.28 bits per heavy atom. The molecule has 2 atom stereocenters. The predicted molar refractivity (Wildman–Crippen MR) is 135 cm³/mol. The molecular formula is C21H42Br3O4P. The minimum Gasteiger partial charge on any atom is -0.287 e. The van der Waals surface area contributed by atoms with Crippen molar-refractivity contribution in [1.82, 2.24) is 0 Å². The Balaban J connectivity index is 5.31. The lowest BCUT2D eigenvalue weighted by Gasteiger charge is -2.38. The molecule has 0 bridgehead atoms. The zero-order chi connectivity index (χ0) is 22.6. The van der Waals surface area contributed by atoms with Crippen molar-refractivity contribution < 1.29 is 18.1 Å². The van der Waals surface area contributed by atoms with E-state index in [1.807, 2.05) is 13.8 Å². The number of phosphoric ester groups is 1. The molecule has 0 saturated heterocycles. The Bertz CT molecular complexity index is 451. The van der Waals surface area contributed by atoms with E-state index in [0.717, 1.165) is 51.4 Å². The van der Waals surface area contributed by atoms with Crippen LogP contribution in [0.25, 0.3) is 0 Å². The van der Waals surface area contributed by atoms with Crippen molar-refractivity contribution in [2.45, 2.75) is 96.3 Å². The molecule has 0 aromatic heterocycles. The molecule has 0 spiro atoms. The van der Waals surface area contributed by atoms with E-state index in [9.17, 15) is 4.57 Å². The van der Waals surface area contributed by atoms with Gasteiger partial charge in [-0.15, -0.1) is 0 Å². The fourth-order valence-electron chi connectivity index (χ4n) is 2.62. The number of unbranched alkanes of at least 4 members (excludes halogenated alkanes) is 2. The van der Waals surface area contributed by atoms with Gasteiger partial charge >= 0.3 is 7.82 Å². The molecule has 4 nitrogen and oxygen atoms in total. The average molecular weight is 629 g/mol. The molecule has 0 amide bonds. The third-order valence-corrected chi connectivity index (χ3v) is 11.2. The first-order chi connectivity index (χ1) is 13.5. The second-order valence-electron chi connectivity index (χ2n) is 8.50. The van der Waals surface area contributed by atoms with Crippen molar-refractivity contribution in [2.24, 2.45) is 17.3 Å². The first-order valence-electron chi connectivity index (χ1n) is 11.0. The molecule has 0 fully saturated rings. The molecule has 0 aliphatic heterocycles. The van der Waals surface area contributed by atoms with Gasteiger partial charge in [-0.2, -0.15) is 0 Å². The highest BCUT2D eigenvalue weighted by Crippen LogP contribution is 2.61. The van der Waals surface area contributed by atoms with Crippen LogP contribution in [0.5, 0.6) is 0 Å². The zero-order valence-electron chi connectivity index (χ0n) is 19.1. The molecule has 0 saturated carbocycles. The first-order valence-corrected chi connectivity index (χ1v) is 15.2. The average Bonchev–Trinajstić information content (AvgIpc) is 2.67. The lowest BCUT2D eigenvalue weighted by atomic mass is 9.98. The summed E-state index contributed by atoms with van der Waals surface area (Å²) >= 11 is 10.6. The van der Waals surface area contributed by atoms with E-state index < -0.39 is 16.7 Å². The van der Waals surface area contributed by atoms with E-state index in [0.29, 0.717) is 30.4 Å². The molecule has 0 aromatic carbocycles. The summed E-state index contributed by atoms with van der Waals surface area (Å²) in [6, 6.07) is 0. The Hall–Kier alpha value is 1.55. The standard InChI is InChI=1S/C21H42Br3O4P/c1-7-11-13-18(9-3)15-26-29(25,27-16-19(10-4)14-12-8-2)28-21(23,24)20(5,6)17-22/h18-19H,7-17H2,1-6H3. The highest BCUT2D eigenvalue weighted by molar-refractivity contribution is 9.25. The highest BCUT2D eigenvalue weighted by Gasteiger charge is 2.48. The number of rotatable bonds is 18. The fraction of sp³-hybridized carbons (Fsp3) is 1.00. The summed E-state index contributed by atoms with van der Waals surface area (Å²) in [4.78, 5) is 0. The second-order valence-corrected chi connectivity index (χ2v) is 13.9. The maximum absolute atomic E-state index is 13.6. The van der Waals surface area contributed by atoms with E-state index in [2.05, 4.69) is 75.5 Å². The number of hydrogen-bond acceptors (Lipinski definition) is 4. The highest BCUT2D eigenvalue weighted by atomic mass is 79.9.